The maximum atomic E-state index is 6.80. The molecule has 6 nitrogen and oxygen atoms in total. The Kier molecular flexibility index (Phi) is 6.49. The van der Waals surface area contributed by atoms with Gasteiger partial charge in [-0.2, -0.15) is 0 Å². The SMILES string of the molecule is CN1C(c2ccccc2)NC(c2cccc3oc4ccccc4c23)NC1c1cccc2c1oc1ccc(-c3cccc4oc5ccccc5c34)cc12. The highest BCUT2D eigenvalue weighted by Gasteiger charge is 2.37. The normalized spacial score (nSPS) is 18.4. The molecule has 0 bridgehead atoms. The summed E-state index contributed by atoms with van der Waals surface area (Å²) in [5, 5.41) is 14.6. The van der Waals surface area contributed by atoms with Gasteiger partial charge in [-0.05, 0) is 65.7 Å². The molecular formula is C46H33N3O3. The van der Waals surface area contributed by atoms with Crippen LogP contribution in [0.25, 0.3) is 76.9 Å². The van der Waals surface area contributed by atoms with Crippen molar-refractivity contribution in [3.05, 3.63) is 168 Å². The minimum atomic E-state index is -0.187. The second-order valence-electron chi connectivity index (χ2n) is 13.8. The van der Waals surface area contributed by atoms with Crippen molar-refractivity contribution in [1.29, 1.82) is 0 Å². The summed E-state index contributed by atoms with van der Waals surface area (Å²) in [5.41, 5.74) is 11.0. The van der Waals surface area contributed by atoms with Gasteiger partial charge >= 0.3 is 0 Å². The zero-order chi connectivity index (χ0) is 34.3. The predicted octanol–water partition coefficient (Wildman–Crippen LogP) is 11.6. The second kappa shape index (κ2) is 11.4. The summed E-state index contributed by atoms with van der Waals surface area (Å²) >= 11 is 0. The lowest BCUT2D eigenvalue weighted by molar-refractivity contribution is 0.0423. The molecule has 4 heterocycles. The maximum absolute atomic E-state index is 6.80. The van der Waals surface area contributed by atoms with Gasteiger partial charge in [-0.25, -0.2) is 0 Å². The van der Waals surface area contributed by atoms with E-state index >= 15 is 0 Å². The lowest BCUT2D eigenvalue weighted by Crippen LogP contribution is -2.54. The van der Waals surface area contributed by atoms with Crippen LogP contribution < -0.4 is 10.6 Å². The van der Waals surface area contributed by atoms with Crippen LogP contribution in [0.15, 0.2) is 165 Å². The fraction of sp³-hybridized carbons (Fsp3) is 0.0870. The highest BCUT2D eigenvalue weighted by Crippen LogP contribution is 2.43. The molecule has 6 heteroatoms. The highest BCUT2D eigenvalue weighted by atomic mass is 16.3. The molecule has 10 aromatic rings. The molecule has 1 aliphatic heterocycles. The molecule has 1 saturated heterocycles. The minimum Gasteiger partial charge on any atom is -0.456 e. The Hall–Kier alpha value is -6.18. The molecule has 52 heavy (non-hydrogen) atoms. The topological polar surface area (TPSA) is 66.7 Å². The van der Waals surface area contributed by atoms with Gasteiger partial charge < -0.3 is 13.3 Å². The quantitative estimate of drug-likeness (QED) is 0.194. The van der Waals surface area contributed by atoms with Gasteiger partial charge in [0.2, 0.25) is 0 Å². The molecular weight excluding hydrogens is 643 g/mol. The lowest BCUT2D eigenvalue weighted by atomic mass is 9.97. The largest absolute Gasteiger partial charge is 0.456 e. The van der Waals surface area contributed by atoms with Crippen LogP contribution in [0.4, 0.5) is 0 Å². The maximum Gasteiger partial charge on any atom is 0.141 e. The molecule has 3 aromatic heterocycles. The van der Waals surface area contributed by atoms with Gasteiger partial charge in [0.15, 0.2) is 0 Å². The van der Waals surface area contributed by atoms with E-state index in [1.165, 1.54) is 5.56 Å². The third-order valence-corrected chi connectivity index (χ3v) is 10.9. The summed E-state index contributed by atoms with van der Waals surface area (Å²) in [5.74, 6) is 0. The van der Waals surface area contributed by atoms with E-state index in [0.717, 1.165) is 88.1 Å². The molecule has 1 fully saturated rings. The number of para-hydroxylation sites is 3. The van der Waals surface area contributed by atoms with Crippen molar-refractivity contribution < 1.29 is 13.3 Å². The van der Waals surface area contributed by atoms with Crippen molar-refractivity contribution in [2.45, 2.75) is 18.5 Å². The van der Waals surface area contributed by atoms with Crippen molar-refractivity contribution in [1.82, 2.24) is 15.5 Å². The fourth-order valence-electron chi connectivity index (χ4n) is 8.46. The van der Waals surface area contributed by atoms with Gasteiger partial charge in [0, 0.05) is 37.9 Å². The third kappa shape index (κ3) is 4.42. The Morgan fingerprint density at radius 1 is 0.462 bits per heavy atom. The summed E-state index contributed by atoms with van der Waals surface area (Å²) in [6, 6.07) is 52.9. The van der Waals surface area contributed by atoms with E-state index in [1.54, 1.807) is 0 Å². The van der Waals surface area contributed by atoms with Crippen LogP contribution in [0.3, 0.4) is 0 Å². The van der Waals surface area contributed by atoms with Gasteiger partial charge in [0.05, 0.1) is 18.5 Å². The van der Waals surface area contributed by atoms with E-state index in [9.17, 15) is 0 Å². The first-order valence-electron chi connectivity index (χ1n) is 17.7. The number of hydrogen-bond donors (Lipinski definition) is 2. The van der Waals surface area contributed by atoms with Crippen LogP contribution >= 0.6 is 0 Å². The predicted molar refractivity (Wildman–Crippen MR) is 209 cm³/mol. The first kappa shape index (κ1) is 29.5. The molecule has 3 unspecified atom stereocenters. The summed E-state index contributed by atoms with van der Waals surface area (Å²) in [6.07, 6.45) is -0.449. The molecule has 11 rings (SSSR count). The van der Waals surface area contributed by atoms with E-state index in [4.69, 9.17) is 13.3 Å². The smallest absolute Gasteiger partial charge is 0.141 e. The van der Waals surface area contributed by atoms with Gasteiger partial charge in [-0.3, -0.25) is 15.5 Å². The molecule has 0 saturated carbocycles. The molecule has 7 aromatic carbocycles. The number of nitrogens with one attached hydrogen (secondary N) is 2. The van der Waals surface area contributed by atoms with E-state index < -0.39 is 0 Å². The number of rotatable bonds is 4. The first-order valence-corrected chi connectivity index (χ1v) is 17.7. The Morgan fingerprint density at radius 3 is 1.87 bits per heavy atom. The molecule has 1 aliphatic rings. The molecule has 0 amide bonds. The van der Waals surface area contributed by atoms with Gasteiger partial charge in [-0.1, -0.05) is 115 Å². The Morgan fingerprint density at radius 2 is 1.06 bits per heavy atom. The lowest BCUT2D eigenvalue weighted by Gasteiger charge is -2.45. The highest BCUT2D eigenvalue weighted by molar-refractivity contribution is 6.14. The summed E-state index contributed by atoms with van der Waals surface area (Å²) < 4.78 is 19.3. The van der Waals surface area contributed by atoms with E-state index in [1.807, 2.05) is 30.3 Å². The Bertz CT molecular complexity index is 2970. The number of nitrogens with zero attached hydrogens (tertiary/aromatic N) is 1. The van der Waals surface area contributed by atoms with E-state index in [0.29, 0.717) is 0 Å². The number of fused-ring (bicyclic) bond motifs is 9. The van der Waals surface area contributed by atoms with Crippen molar-refractivity contribution in [2.24, 2.45) is 0 Å². The summed E-state index contributed by atoms with van der Waals surface area (Å²) in [6.45, 7) is 0. The molecule has 250 valence electrons. The van der Waals surface area contributed by atoms with E-state index in [-0.39, 0.29) is 18.5 Å². The van der Waals surface area contributed by atoms with Crippen LogP contribution in [0.1, 0.15) is 35.2 Å². The standard InChI is InChI=1S/C46H33N3O3/c1-49-45(27-12-3-2-4-13-27)47-44(33-18-11-23-40-42(33)32-15-6-8-21-37(32)51-40)48-46(49)34-19-9-17-30-35-26-28(24-25-38(35)52-43(30)34)29-16-10-22-39-41(29)31-14-5-7-20-36(31)50-39/h2-26,44-48H,1H3. The number of hydrogen-bond acceptors (Lipinski definition) is 6. The zero-order valence-electron chi connectivity index (χ0n) is 28.3. The van der Waals surface area contributed by atoms with Gasteiger partial charge in [0.1, 0.15) is 33.5 Å². The Labute approximate surface area is 298 Å². The second-order valence-corrected chi connectivity index (χ2v) is 13.8. The third-order valence-electron chi connectivity index (χ3n) is 10.9. The minimum absolute atomic E-state index is 0.0811. The van der Waals surface area contributed by atoms with Crippen molar-refractivity contribution in [3.8, 4) is 11.1 Å². The van der Waals surface area contributed by atoms with E-state index in [2.05, 4.69) is 144 Å². The van der Waals surface area contributed by atoms with Crippen LogP contribution in [0.2, 0.25) is 0 Å². The fourth-order valence-corrected chi connectivity index (χ4v) is 8.46. The number of benzene rings is 7. The number of furan rings is 3. The summed E-state index contributed by atoms with van der Waals surface area (Å²) in [4.78, 5) is 2.36. The van der Waals surface area contributed by atoms with Gasteiger partial charge in [-0.15, -0.1) is 0 Å². The monoisotopic (exact) mass is 675 g/mol. The summed E-state index contributed by atoms with van der Waals surface area (Å²) in [7, 11) is 2.17. The molecule has 0 aliphatic carbocycles. The van der Waals surface area contributed by atoms with Crippen molar-refractivity contribution in [3.63, 3.8) is 0 Å². The van der Waals surface area contributed by atoms with Crippen molar-refractivity contribution >= 4 is 65.8 Å². The van der Waals surface area contributed by atoms with Crippen LogP contribution in [-0.2, 0) is 0 Å². The first-order chi connectivity index (χ1) is 25.7. The molecule has 2 N–H and O–H groups in total. The van der Waals surface area contributed by atoms with Crippen LogP contribution in [0, 0.1) is 0 Å². The molecule has 0 radical (unpaired) electrons. The Balaban J connectivity index is 1.07. The van der Waals surface area contributed by atoms with Crippen molar-refractivity contribution in [2.75, 3.05) is 7.05 Å². The molecule has 0 spiro atoms. The average Bonchev–Trinajstić information content (AvgIpc) is 3.89. The average molecular weight is 676 g/mol. The van der Waals surface area contributed by atoms with Crippen LogP contribution in [-0.4, -0.2) is 11.9 Å². The zero-order valence-corrected chi connectivity index (χ0v) is 28.3. The van der Waals surface area contributed by atoms with Crippen LogP contribution in [0.5, 0.6) is 0 Å². The van der Waals surface area contributed by atoms with Gasteiger partial charge in [0.25, 0.3) is 0 Å². The molecule has 3 atom stereocenters.